The minimum Gasteiger partial charge on any atom is -0.493 e. The number of halogens is 1. The Morgan fingerprint density at radius 1 is 1.03 bits per heavy atom. The molecule has 4 aromatic rings. The molecule has 0 spiro atoms. The second kappa shape index (κ2) is 11.3. The molecule has 0 aliphatic carbocycles. The molecule has 1 N–H and O–H groups in total. The van der Waals surface area contributed by atoms with E-state index in [1.54, 1.807) is 39.5 Å². The van der Waals surface area contributed by atoms with Gasteiger partial charge in [0, 0.05) is 42.1 Å². The van der Waals surface area contributed by atoms with Crippen LogP contribution in [0.25, 0.3) is 10.2 Å². The smallest absolute Gasteiger partial charge is 0.279 e. The van der Waals surface area contributed by atoms with Crippen LogP contribution in [0.15, 0.2) is 70.6 Å². The first-order chi connectivity index (χ1) is 17.7. The summed E-state index contributed by atoms with van der Waals surface area (Å²) in [6, 6.07) is 15.6. The summed E-state index contributed by atoms with van der Waals surface area (Å²) in [4.78, 5) is 18.0. The second-order valence-electron chi connectivity index (χ2n) is 7.76. The molecule has 0 atom stereocenters. The number of thiazole rings is 1. The van der Waals surface area contributed by atoms with Crippen molar-refractivity contribution in [2.24, 2.45) is 4.99 Å². The van der Waals surface area contributed by atoms with Gasteiger partial charge >= 0.3 is 0 Å². The van der Waals surface area contributed by atoms with Crippen molar-refractivity contribution < 1.29 is 27.4 Å². The number of benzene rings is 3. The third kappa shape index (κ3) is 5.96. The van der Waals surface area contributed by atoms with E-state index in [0.717, 1.165) is 10.2 Å². The molecule has 1 amide bonds. The van der Waals surface area contributed by atoms with Crippen molar-refractivity contribution in [2.75, 3.05) is 32.7 Å². The highest BCUT2D eigenvalue weighted by atomic mass is 35.5. The molecular formula is C25H24ClN3O6S2. The fourth-order valence-corrected chi connectivity index (χ4v) is 5.82. The maximum absolute atomic E-state index is 13.1. The Hall–Kier alpha value is -3.38. The molecule has 37 heavy (non-hydrogen) atoms. The molecule has 0 bridgehead atoms. The lowest BCUT2D eigenvalue weighted by Crippen LogP contribution is -2.19. The second-order valence-corrected chi connectivity index (χ2v) is 10.9. The molecular weight excluding hydrogens is 538 g/mol. The maximum atomic E-state index is 13.1. The van der Waals surface area contributed by atoms with Crippen molar-refractivity contribution in [1.82, 2.24) is 4.57 Å². The standard InChI is InChI=1S/C25H24ClN3O6S2/c1-33-12-11-29-20-14-21(34-2)22(35-3)15-23(20)36-25(29)27-24(30)16-5-4-6-18(13-16)28-37(31,32)19-9-7-17(26)8-10-19/h4-10,13-15,28H,11-12H2,1-3H3. The van der Waals surface area contributed by atoms with Gasteiger partial charge in [0.15, 0.2) is 16.3 Å². The predicted molar refractivity (Wildman–Crippen MR) is 143 cm³/mol. The number of anilines is 1. The van der Waals surface area contributed by atoms with E-state index in [9.17, 15) is 13.2 Å². The van der Waals surface area contributed by atoms with Gasteiger partial charge in [0.25, 0.3) is 15.9 Å². The summed E-state index contributed by atoms with van der Waals surface area (Å²) in [7, 11) is 0.834. The Kier molecular flexibility index (Phi) is 8.18. The molecule has 3 aromatic carbocycles. The summed E-state index contributed by atoms with van der Waals surface area (Å²) in [5, 5.41) is 0.425. The number of rotatable bonds is 9. The fourth-order valence-electron chi connectivity index (χ4n) is 3.58. The quantitative estimate of drug-likeness (QED) is 0.321. The molecule has 0 radical (unpaired) electrons. The number of carbonyl (C=O) groups excluding carboxylic acids is 1. The summed E-state index contributed by atoms with van der Waals surface area (Å²) < 4.78 is 46.8. The van der Waals surface area contributed by atoms with Crippen LogP contribution in [0.3, 0.4) is 0 Å². The van der Waals surface area contributed by atoms with Crippen molar-refractivity contribution in [3.05, 3.63) is 76.1 Å². The molecule has 12 heteroatoms. The predicted octanol–water partition coefficient (Wildman–Crippen LogP) is 4.56. The highest BCUT2D eigenvalue weighted by Gasteiger charge is 2.16. The van der Waals surface area contributed by atoms with Crippen LogP contribution in [0.5, 0.6) is 11.5 Å². The van der Waals surface area contributed by atoms with Crippen molar-refractivity contribution in [2.45, 2.75) is 11.4 Å². The molecule has 0 aliphatic heterocycles. The fraction of sp³-hybridized carbons (Fsp3) is 0.200. The average molecular weight is 562 g/mol. The number of methoxy groups -OCH3 is 3. The van der Waals surface area contributed by atoms with Crippen LogP contribution in [0.2, 0.25) is 5.02 Å². The van der Waals surface area contributed by atoms with Crippen LogP contribution in [0.1, 0.15) is 10.4 Å². The lowest BCUT2D eigenvalue weighted by Gasteiger charge is -2.09. The number of sulfonamides is 1. The van der Waals surface area contributed by atoms with E-state index < -0.39 is 15.9 Å². The van der Waals surface area contributed by atoms with Gasteiger partial charge in [0.1, 0.15) is 0 Å². The molecule has 9 nitrogen and oxygen atoms in total. The zero-order valence-corrected chi connectivity index (χ0v) is 22.6. The molecule has 0 unspecified atom stereocenters. The van der Waals surface area contributed by atoms with Gasteiger partial charge in [0.2, 0.25) is 0 Å². The van der Waals surface area contributed by atoms with E-state index in [-0.39, 0.29) is 16.1 Å². The number of nitrogens with one attached hydrogen (secondary N) is 1. The molecule has 194 valence electrons. The van der Waals surface area contributed by atoms with Gasteiger partial charge in [-0.3, -0.25) is 9.52 Å². The average Bonchev–Trinajstić information content (AvgIpc) is 3.22. The van der Waals surface area contributed by atoms with Gasteiger partial charge in [-0.25, -0.2) is 8.42 Å². The molecule has 1 aromatic heterocycles. The number of aromatic nitrogens is 1. The molecule has 0 saturated carbocycles. The Morgan fingerprint density at radius 2 is 1.73 bits per heavy atom. The zero-order chi connectivity index (χ0) is 26.6. The van der Waals surface area contributed by atoms with E-state index in [2.05, 4.69) is 9.71 Å². The van der Waals surface area contributed by atoms with Crippen molar-refractivity contribution in [3.63, 3.8) is 0 Å². The molecule has 1 heterocycles. The number of fused-ring (bicyclic) bond motifs is 1. The monoisotopic (exact) mass is 561 g/mol. The van der Waals surface area contributed by atoms with Gasteiger partial charge < -0.3 is 18.8 Å². The van der Waals surface area contributed by atoms with Gasteiger partial charge in [-0.15, -0.1) is 0 Å². The molecule has 4 rings (SSSR count). The van der Waals surface area contributed by atoms with Crippen LogP contribution in [0.4, 0.5) is 5.69 Å². The summed E-state index contributed by atoms with van der Waals surface area (Å²) in [6.07, 6.45) is 0. The summed E-state index contributed by atoms with van der Waals surface area (Å²) in [6.45, 7) is 0.864. The van der Waals surface area contributed by atoms with E-state index >= 15 is 0 Å². The number of nitrogens with zero attached hydrogens (tertiary/aromatic N) is 2. The molecule has 0 saturated heterocycles. The first-order valence-electron chi connectivity index (χ1n) is 11.0. The van der Waals surface area contributed by atoms with Crippen LogP contribution in [-0.4, -0.2) is 46.8 Å². The highest BCUT2D eigenvalue weighted by Crippen LogP contribution is 2.33. The Morgan fingerprint density at radius 3 is 2.41 bits per heavy atom. The van der Waals surface area contributed by atoms with E-state index in [0.29, 0.717) is 34.5 Å². The van der Waals surface area contributed by atoms with Crippen molar-refractivity contribution in [3.8, 4) is 11.5 Å². The van der Waals surface area contributed by atoms with Crippen LogP contribution >= 0.6 is 22.9 Å². The van der Waals surface area contributed by atoms with Crippen LogP contribution < -0.4 is 19.0 Å². The number of ether oxygens (including phenoxy) is 3. The first-order valence-corrected chi connectivity index (χ1v) is 13.7. The third-order valence-electron chi connectivity index (χ3n) is 5.39. The highest BCUT2D eigenvalue weighted by molar-refractivity contribution is 7.92. The minimum atomic E-state index is -3.87. The Balaban J connectivity index is 1.70. The third-order valence-corrected chi connectivity index (χ3v) is 8.08. The summed E-state index contributed by atoms with van der Waals surface area (Å²) >= 11 is 7.18. The van der Waals surface area contributed by atoms with Gasteiger partial charge in [-0.2, -0.15) is 4.99 Å². The number of amides is 1. The van der Waals surface area contributed by atoms with E-state index in [1.807, 2.05) is 16.7 Å². The number of hydrogen-bond donors (Lipinski definition) is 1. The zero-order valence-electron chi connectivity index (χ0n) is 20.2. The summed E-state index contributed by atoms with van der Waals surface area (Å²) in [5.41, 5.74) is 1.27. The number of hydrogen-bond acceptors (Lipinski definition) is 7. The Labute approximate surface area is 222 Å². The Bertz CT molecular complexity index is 1610. The normalized spacial score (nSPS) is 12.1. The minimum absolute atomic E-state index is 0.0497. The van der Waals surface area contributed by atoms with Crippen LogP contribution in [0, 0.1) is 0 Å². The topological polar surface area (TPSA) is 108 Å². The SMILES string of the molecule is COCCn1c(=NC(=O)c2cccc(NS(=O)(=O)c3ccc(Cl)cc3)c2)sc2cc(OC)c(OC)cc21. The first kappa shape index (κ1) is 26.7. The van der Waals surface area contributed by atoms with Gasteiger partial charge in [-0.05, 0) is 42.5 Å². The van der Waals surface area contributed by atoms with E-state index in [4.69, 9.17) is 25.8 Å². The van der Waals surface area contributed by atoms with Gasteiger partial charge in [-0.1, -0.05) is 29.0 Å². The lowest BCUT2D eigenvalue weighted by atomic mass is 10.2. The van der Waals surface area contributed by atoms with Crippen molar-refractivity contribution in [1.29, 1.82) is 0 Å². The maximum Gasteiger partial charge on any atom is 0.279 e. The van der Waals surface area contributed by atoms with Gasteiger partial charge in [0.05, 0.1) is 35.9 Å². The molecule has 0 fully saturated rings. The lowest BCUT2D eigenvalue weighted by molar-refractivity contribution is 0.0997. The van der Waals surface area contributed by atoms with Crippen molar-refractivity contribution >= 4 is 54.8 Å². The number of carbonyl (C=O) groups is 1. The largest absolute Gasteiger partial charge is 0.493 e. The summed E-state index contributed by atoms with van der Waals surface area (Å²) in [5.74, 6) is 0.593. The van der Waals surface area contributed by atoms with E-state index in [1.165, 1.54) is 41.7 Å². The molecule has 0 aliphatic rings. The van der Waals surface area contributed by atoms with Crippen LogP contribution in [-0.2, 0) is 21.3 Å².